The molecular formula is C14H24BrN3O2S. The summed E-state index contributed by atoms with van der Waals surface area (Å²) in [6.07, 6.45) is 2.49. The van der Waals surface area contributed by atoms with Crippen LogP contribution < -0.4 is 10.0 Å². The summed E-state index contributed by atoms with van der Waals surface area (Å²) in [4.78, 5) is 4.35. The second kappa shape index (κ2) is 8.10. The summed E-state index contributed by atoms with van der Waals surface area (Å²) in [5.74, 6) is 1.09. The average Bonchev–Trinajstić information content (AvgIpc) is 2.43. The maximum Gasteiger partial charge on any atom is 0.244 e. The second-order valence-electron chi connectivity index (χ2n) is 5.50. The lowest BCUT2D eigenvalue weighted by Gasteiger charge is -2.17. The summed E-state index contributed by atoms with van der Waals surface area (Å²) >= 11 is 3.28. The van der Waals surface area contributed by atoms with Crippen molar-refractivity contribution in [2.24, 2.45) is 11.8 Å². The third-order valence-corrected chi connectivity index (χ3v) is 5.26. The van der Waals surface area contributed by atoms with E-state index in [1.165, 1.54) is 0 Å². The van der Waals surface area contributed by atoms with Gasteiger partial charge in [0.15, 0.2) is 0 Å². The fourth-order valence-corrected chi connectivity index (χ4v) is 3.34. The number of aromatic nitrogens is 1. The Bertz CT molecular complexity index is 561. The molecule has 0 aliphatic carbocycles. The van der Waals surface area contributed by atoms with Crippen LogP contribution in [0.15, 0.2) is 21.6 Å². The van der Waals surface area contributed by atoms with Crippen molar-refractivity contribution < 1.29 is 8.42 Å². The molecule has 1 heterocycles. The number of hydrogen-bond donors (Lipinski definition) is 2. The van der Waals surface area contributed by atoms with E-state index in [2.05, 4.69) is 44.8 Å². The zero-order valence-corrected chi connectivity index (χ0v) is 15.4. The average molecular weight is 378 g/mol. The first kappa shape index (κ1) is 18.4. The van der Waals surface area contributed by atoms with Gasteiger partial charge >= 0.3 is 0 Å². The largest absolute Gasteiger partial charge is 0.369 e. The minimum absolute atomic E-state index is 0.182. The molecule has 1 aromatic rings. The Morgan fingerprint density at radius 2 is 2.00 bits per heavy atom. The van der Waals surface area contributed by atoms with Gasteiger partial charge in [-0.3, -0.25) is 0 Å². The van der Waals surface area contributed by atoms with E-state index in [0.717, 1.165) is 6.42 Å². The summed E-state index contributed by atoms with van der Waals surface area (Å²) in [5.41, 5.74) is 0. The molecule has 1 rings (SSSR count). The smallest absolute Gasteiger partial charge is 0.244 e. The molecule has 0 amide bonds. The first-order chi connectivity index (χ1) is 9.77. The highest BCUT2D eigenvalue weighted by molar-refractivity contribution is 9.10. The first-order valence-electron chi connectivity index (χ1n) is 7.17. The summed E-state index contributed by atoms with van der Waals surface area (Å²) < 4.78 is 28.3. The molecule has 0 saturated carbocycles. The Hall–Kier alpha value is -0.660. The Morgan fingerprint density at radius 1 is 1.33 bits per heavy atom. The topological polar surface area (TPSA) is 71.1 Å². The predicted octanol–water partition coefficient (Wildman–Crippen LogP) is 3.24. The number of hydrogen-bond acceptors (Lipinski definition) is 4. The van der Waals surface area contributed by atoms with Crippen LogP contribution in [0.2, 0.25) is 0 Å². The fraction of sp³-hybridized carbons (Fsp3) is 0.643. The van der Waals surface area contributed by atoms with Gasteiger partial charge < -0.3 is 5.32 Å². The van der Waals surface area contributed by atoms with Gasteiger partial charge in [-0.25, -0.2) is 18.1 Å². The van der Waals surface area contributed by atoms with Crippen molar-refractivity contribution in [3.63, 3.8) is 0 Å². The van der Waals surface area contributed by atoms with Crippen LogP contribution in [0.3, 0.4) is 0 Å². The Morgan fingerprint density at radius 3 is 2.57 bits per heavy atom. The van der Waals surface area contributed by atoms with Crippen molar-refractivity contribution in [3.8, 4) is 0 Å². The third kappa shape index (κ3) is 5.56. The van der Waals surface area contributed by atoms with E-state index in [1.807, 2.05) is 13.8 Å². The monoisotopic (exact) mass is 377 g/mol. The summed E-state index contributed by atoms with van der Waals surface area (Å²) in [7, 11) is -3.58. The highest BCUT2D eigenvalue weighted by Gasteiger charge is 2.21. The van der Waals surface area contributed by atoms with Gasteiger partial charge in [-0.2, -0.15) is 0 Å². The normalized spacial score (nSPS) is 13.4. The molecule has 2 N–H and O–H groups in total. The van der Waals surface area contributed by atoms with Gasteiger partial charge in [-0.05, 0) is 40.3 Å². The van der Waals surface area contributed by atoms with E-state index in [0.29, 0.717) is 29.3 Å². The maximum atomic E-state index is 12.5. The standard InChI is InChI=1S/C14H24BrN3O2S/c1-5-6-16-14-13(7-12(15)9-17-14)21(19,20)18-8-11(4)10(2)3/h7,9-11,18H,5-6,8H2,1-4H3,(H,16,17). The Kier molecular flexibility index (Phi) is 7.09. The molecule has 0 radical (unpaired) electrons. The molecular weight excluding hydrogens is 354 g/mol. The molecule has 7 heteroatoms. The van der Waals surface area contributed by atoms with Gasteiger partial charge in [0.2, 0.25) is 10.0 Å². The number of rotatable bonds is 8. The summed E-state index contributed by atoms with van der Waals surface area (Å²) in [5, 5.41) is 3.06. The molecule has 0 aliphatic heterocycles. The first-order valence-corrected chi connectivity index (χ1v) is 9.44. The molecule has 1 unspecified atom stereocenters. The molecule has 0 aromatic carbocycles. The van der Waals surface area contributed by atoms with E-state index in [-0.39, 0.29) is 10.8 Å². The quantitative estimate of drug-likeness (QED) is 0.729. The molecule has 1 atom stereocenters. The van der Waals surface area contributed by atoms with Crippen LogP contribution in [-0.4, -0.2) is 26.5 Å². The molecule has 0 aliphatic rings. The SMILES string of the molecule is CCCNc1ncc(Br)cc1S(=O)(=O)NCC(C)C(C)C. The summed E-state index contributed by atoms with van der Waals surface area (Å²) in [6.45, 7) is 9.30. The number of pyridine rings is 1. The van der Waals surface area contributed by atoms with E-state index >= 15 is 0 Å². The fourth-order valence-electron chi connectivity index (χ4n) is 1.56. The van der Waals surface area contributed by atoms with Gasteiger partial charge in [0.1, 0.15) is 10.7 Å². The number of sulfonamides is 1. The number of halogens is 1. The van der Waals surface area contributed by atoms with Crippen molar-refractivity contribution in [2.45, 2.75) is 39.0 Å². The molecule has 21 heavy (non-hydrogen) atoms. The minimum Gasteiger partial charge on any atom is -0.369 e. The molecule has 0 saturated heterocycles. The predicted molar refractivity (Wildman–Crippen MR) is 89.9 cm³/mol. The van der Waals surface area contributed by atoms with Gasteiger partial charge in [0.25, 0.3) is 0 Å². The molecule has 0 spiro atoms. The van der Waals surface area contributed by atoms with E-state index in [1.54, 1.807) is 12.3 Å². The summed E-state index contributed by atoms with van der Waals surface area (Å²) in [6, 6.07) is 1.58. The van der Waals surface area contributed by atoms with Gasteiger partial charge in [0.05, 0.1) is 0 Å². The van der Waals surface area contributed by atoms with Crippen LogP contribution in [-0.2, 0) is 10.0 Å². The van der Waals surface area contributed by atoms with Crippen LogP contribution in [0, 0.1) is 11.8 Å². The minimum atomic E-state index is -3.58. The van der Waals surface area contributed by atoms with Crippen molar-refractivity contribution >= 4 is 31.8 Å². The van der Waals surface area contributed by atoms with E-state index in [9.17, 15) is 8.42 Å². The second-order valence-corrected chi connectivity index (χ2v) is 8.15. The number of nitrogens with one attached hydrogen (secondary N) is 2. The lowest BCUT2D eigenvalue weighted by atomic mass is 9.99. The maximum absolute atomic E-state index is 12.5. The molecule has 120 valence electrons. The van der Waals surface area contributed by atoms with Crippen LogP contribution in [0.5, 0.6) is 0 Å². The molecule has 0 fully saturated rings. The van der Waals surface area contributed by atoms with Gasteiger partial charge in [0, 0.05) is 23.8 Å². The van der Waals surface area contributed by atoms with Crippen molar-refractivity contribution in [1.82, 2.24) is 9.71 Å². The third-order valence-electron chi connectivity index (χ3n) is 3.38. The van der Waals surface area contributed by atoms with E-state index < -0.39 is 10.0 Å². The molecule has 5 nitrogen and oxygen atoms in total. The van der Waals surface area contributed by atoms with Crippen molar-refractivity contribution in [1.29, 1.82) is 0 Å². The highest BCUT2D eigenvalue weighted by Crippen LogP contribution is 2.23. The highest BCUT2D eigenvalue weighted by atomic mass is 79.9. The van der Waals surface area contributed by atoms with Crippen LogP contribution >= 0.6 is 15.9 Å². The van der Waals surface area contributed by atoms with Crippen LogP contribution in [0.4, 0.5) is 5.82 Å². The van der Waals surface area contributed by atoms with Crippen LogP contribution in [0.1, 0.15) is 34.1 Å². The van der Waals surface area contributed by atoms with Gasteiger partial charge in [-0.1, -0.05) is 27.7 Å². The van der Waals surface area contributed by atoms with Gasteiger partial charge in [-0.15, -0.1) is 0 Å². The van der Waals surface area contributed by atoms with Crippen molar-refractivity contribution in [3.05, 3.63) is 16.7 Å². The lowest BCUT2D eigenvalue weighted by Crippen LogP contribution is -2.31. The Labute approximate surface area is 136 Å². The lowest BCUT2D eigenvalue weighted by molar-refractivity contribution is 0.414. The van der Waals surface area contributed by atoms with Crippen molar-refractivity contribution in [2.75, 3.05) is 18.4 Å². The Balaban J connectivity index is 2.98. The molecule has 0 bridgehead atoms. The number of anilines is 1. The zero-order valence-electron chi connectivity index (χ0n) is 13.0. The number of nitrogens with zero attached hydrogens (tertiary/aromatic N) is 1. The van der Waals surface area contributed by atoms with Crippen LogP contribution in [0.25, 0.3) is 0 Å². The van der Waals surface area contributed by atoms with E-state index in [4.69, 9.17) is 0 Å². The molecule has 1 aromatic heterocycles. The zero-order chi connectivity index (χ0) is 16.0.